The lowest BCUT2D eigenvalue weighted by Crippen LogP contribution is -2.41. The van der Waals surface area contributed by atoms with Crippen LogP contribution in [0.1, 0.15) is 73.2 Å². The van der Waals surface area contributed by atoms with E-state index >= 15 is 0 Å². The van der Waals surface area contributed by atoms with Crippen LogP contribution in [0.4, 0.5) is 4.79 Å². The van der Waals surface area contributed by atoms with E-state index in [1.165, 1.54) is 0 Å². The first-order valence-corrected chi connectivity index (χ1v) is 17.6. The molecule has 1 aromatic heterocycles. The van der Waals surface area contributed by atoms with Gasteiger partial charge >= 0.3 is 13.2 Å². The van der Waals surface area contributed by atoms with Crippen molar-refractivity contribution in [2.75, 3.05) is 13.2 Å². The number of nitrogens with zero attached hydrogens (tertiary/aromatic N) is 3. The van der Waals surface area contributed by atoms with Gasteiger partial charge in [-0.1, -0.05) is 25.7 Å². The van der Waals surface area contributed by atoms with Crippen molar-refractivity contribution in [3.05, 3.63) is 24.0 Å². The van der Waals surface area contributed by atoms with Gasteiger partial charge in [0.15, 0.2) is 0 Å². The fraction of sp³-hybridized carbons (Fsp3) is 0.714. The molecule has 1 aromatic carbocycles. The van der Waals surface area contributed by atoms with Crippen molar-refractivity contribution in [2.45, 2.75) is 117 Å². The average molecular weight is 544 g/mol. The summed E-state index contributed by atoms with van der Waals surface area (Å²) >= 11 is 0. The van der Waals surface area contributed by atoms with Gasteiger partial charge in [-0.15, -0.1) is 0 Å². The highest BCUT2D eigenvalue weighted by atomic mass is 28.3. The minimum atomic E-state index is -1.23. The van der Waals surface area contributed by atoms with Crippen LogP contribution in [0, 0.1) is 0 Å². The predicted octanol–water partition coefficient (Wildman–Crippen LogP) is 5.72. The molecule has 0 N–H and O–H groups in total. The maximum atomic E-state index is 13.1. The Morgan fingerprint density at radius 2 is 1.82 bits per heavy atom. The summed E-state index contributed by atoms with van der Waals surface area (Å²) in [6, 6.07) is 7.06. The largest absolute Gasteiger partial charge is 0.494 e. The lowest BCUT2D eigenvalue weighted by atomic mass is 9.79. The number of ether oxygens (including phenoxy) is 2. The van der Waals surface area contributed by atoms with E-state index in [9.17, 15) is 4.79 Å². The summed E-state index contributed by atoms with van der Waals surface area (Å²) in [5.74, 6) is 0.836. The highest BCUT2D eigenvalue weighted by molar-refractivity contribution is 6.76. The predicted molar refractivity (Wildman–Crippen MR) is 154 cm³/mol. The summed E-state index contributed by atoms with van der Waals surface area (Å²) in [6.45, 7) is 22.7. The third kappa shape index (κ3) is 6.29. The number of carbonyl (C=O) groups is 1. The van der Waals surface area contributed by atoms with Crippen molar-refractivity contribution < 1.29 is 23.6 Å². The second kappa shape index (κ2) is 10.3. The molecular formula is C28H46BN3O5Si. The maximum Gasteiger partial charge on any atom is 0.494 e. The number of rotatable bonds is 7. The van der Waals surface area contributed by atoms with E-state index in [1.54, 1.807) is 0 Å². The van der Waals surface area contributed by atoms with Crippen LogP contribution in [0.5, 0.6) is 0 Å². The number of likely N-dealkylation sites (tertiary alicyclic amines) is 1. The molecule has 2 aromatic rings. The molecule has 210 valence electrons. The highest BCUT2D eigenvalue weighted by Gasteiger charge is 2.51. The molecule has 3 heterocycles. The summed E-state index contributed by atoms with van der Waals surface area (Å²) in [5.41, 5.74) is 1.37. The summed E-state index contributed by atoms with van der Waals surface area (Å²) in [5, 5.41) is 0. The van der Waals surface area contributed by atoms with Gasteiger partial charge in [-0.2, -0.15) is 0 Å². The third-order valence-electron chi connectivity index (χ3n) is 7.72. The molecule has 0 bridgehead atoms. The Bertz CT molecular complexity index is 1150. The van der Waals surface area contributed by atoms with Crippen molar-refractivity contribution in [3.63, 3.8) is 0 Å². The number of benzene rings is 1. The van der Waals surface area contributed by atoms with E-state index in [0.717, 1.165) is 41.2 Å². The number of hydrogen-bond acceptors (Lipinski definition) is 6. The smallest absolute Gasteiger partial charge is 0.444 e. The number of aromatic nitrogens is 2. The molecule has 2 saturated heterocycles. The first kappa shape index (κ1) is 29.1. The number of hydrogen-bond donors (Lipinski definition) is 0. The number of amides is 1. The Labute approximate surface area is 229 Å². The van der Waals surface area contributed by atoms with Gasteiger partial charge in [-0.3, -0.25) is 4.90 Å². The van der Waals surface area contributed by atoms with E-state index in [1.807, 2.05) is 37.8 Å². The first-order valence-electron chi connectivity index (χ1n) is 13.9. The van der Waals surface area contributed by atoms with Crippen molar-refractivity contribution >= 4 is 37.8 Å². The van der Waals surface area contributed by atoms with Crippen LogP contribution in [0.2, 0.25) is 25.7 Å². The van der Waals surface area contributed by atoms with Crippen LogP contribution in [-0.4, -0.2) is 65.7 Å². The van der Waals surface area contributed by atoms with Gasteiger partial charge in [0.1, 0.15) is 18.2 Å². The average Bonchev–Trinajstić information content (AvgIpc) is 3.43. The molecule has 2 aliphatic heterocycles. The molecule has 1 unspecified atom stereocenters. The zero-order chi connectivity index (χ0) is 28.1. The van der Waals surface area contributed by atoms with Crippen molar-refractivity contribution in [3.8, 4) is 0 Å². The lowest BCUT2D eigenvalue weighted by molar-refractivity contribution is 0.00578. The molecular weight excluding hydrogens is 497 g/mol. The minimum Gasteiger partial charge on any atom is -0.444 e. The van der Waals surface area contributed by atoms with Crippen LogP contribution in [-0.2, 0) is 25.5 Å². The molecule has 38 heavy (non-hydrogen) atoms. The van der Waals surface area contributed by atoms with Gasteiger partial charge in [-0.25, -0.2) is 9.78 Å². The normalized spacial score (nSPS) is 21.5. The summed E-state index contributed by atoms with van der Waals surface area (Å²) in [7, 11) is -1.69. The topological polar surface area (TPSA) is 75.0 Å². The van der Waals surface area contributed by atoms with E-state index in [0.29, 0.717) is 19.9 Å². The van der Waals surface area contributed by atoms with Crippen molar-refractivity contribution in [2.24, 2.45) is 0 Å². The SMILES string of the molecule is CC(C)(C)OC(=O)N1CCCC1c1nc2ccc(B3OC(C)(C)C(C)(C)O3)cc2n1COCC[Si](C)(C)C. The second-order valence-corrected chi connectivity index (χ2v) is 19.5. The molecule has 0 saturated carbocycles. The van der Waals surface area contributed by atoms with Gasteiger partial charge in [0.2, 0.25) is 0 Å². The quantitative estimate of drug-likeness (QED) is 0.329. The second-order valence-electron chi connectivity index (χ2n) is 13.9. The molecule has 8 nitrogen and oxygen atoms in total. The fourth-order valence-electron chi connectivity index (χ4n) is 4.78. The van der Waals surface area contributed by atoms with Gasteiger partial charge in [-0.05, 0) is 84.9 Å². The van der Waals surface area contributed by atoms with Crippen LogP contribution in [0.15, 0.2) is 18.2 Å². The molecule has 10 heteroatoms. The fourth-order valence-corrected chi connectivity index (χ4v) is 5.54. The molecule has 4 rings (SSSR count). The van der Waals surface area contributed by atoms with Gasteiger partial charge in [0.05, 0.1) is 28.3 Å². The number of carbonyl (C=O) groups excluding carboxylic acids is 1. The maximum absolute atomic E-state index is 13.1. The van der Waals surface area contributed by atoms with Crippen LogP contribution < -0.4 is 5.46 Å². The zero-order valence-electron chi connectivity index (χ0n) is 25.0. The van der Waals surface area contributed by atoms with Crippen LogP contribution >= 0.6 is 0 Å². The summed E-state index contributed by atoms with van der Waals surface area (Å²) in [6.07, 6.45) is 1.45. The molecule has 0 aliphatic carbocycles. The standard InChI is InChI=1S/C28H46BN3O5Si/c1-26(2,3)35-25(33)31-15-11-12-22(31)24-30-21-14-13-20(29-36-27(4,5)28(6,7)37-29)18-23(21)32(24)19-34-16-17-38(8,9)10/h13-14,18,22H,11-12,15-17,19H2,1-10H3. The molecule has 1 atom stereocenters. The van der Waals surface area contributed by atoms with Crippen LogP contribution in [0.25, 0.3) is 11.0 Å². The summed E-state index contributed by atoms with van der Waals surface area (Å²) in [4.78, 5) is 20.0. The third-order valence-corrected chi connectivity index (χ3v) is 9.43. The van der Waals surface area contributed by atoms with Gasteiger partial charge < -0.3 is 23.3 Å². The Morgan fingerprint density at radius 1 is 1.16 bits per heavy atom. The number of fused-ring (bicyclic) bond motifs is 1. The number of imidazole rings is 1. The van der Waals surface area contributed by atoms with Crippen molar-refractivity contribution in [1.29, 1.82) is 0 Å². The molecule has 2 fully saturated rings. The van der Waals surface area contributed by atoms with Crippen LogP contribution in [0.3, 0.4) is 0 Å². The van der Waals surface area contributed by atoms with Gasteiger partial charge in [0, 0.05) is 21.2 Å². The molecule has 0 radical (unpaired) electrons. The monoisotopic (exact) mass is 543 g/mol. The molecule has 0 spiro atoms. The highest BCUT2D eigenvalue weighted by Crippen LogP contribution is 2.37. The van der Waals surface area contributed by atoms with E-state index in [2.05, 4.69) is 58.0 Å². The first-order chi connectivity index (χ1) is 17.5. The minimum absolute atomic E-state index is 0.168. The van der Waals surface area contributed by atoms with Crippen molar-refractivity contribution in [1.82, 2.24) is 14.5 Å². The van der Waals surface area contributed by atoms with E-state index in [-0.39, 0.29) is 12.1 Å². The van der Waals surface area contributed by atoms with E-state index in [4.69, 9.17) is 23.8 Å². The Kier molecular flexibility index (Phi) is 7.86. The summed E-state index contributed by atoms with van der Waals surface area (Å²) < 4.78 is 26.8. The molecule has 2 aliphatic rings. The van der Waals surface area contributed by atoms with E-state index < -0.39 is 32.0 Å². The Morgan fingerprint density at radius 3 is 2.42 bits per heavy atom. The van der Waals surface area contributed by atoms with Gasteiger partial charge in [0.25, 0.3) is 0 Å². The Balaban J connectivity index is 1.69. The Hall–Kier alpha value is -1.88. The lowest BCUT2D eigenvalue weighted by Gasteiger charge is -2.32. The molecule has 1 amide bonds. The zero-order valence-corrected chi connectivity index (χ0v) is 26.0.